The van der Waals surface area contributed by atoms with Crippen LogP contribution in [-0.2, 0) is 6.18 Å². The summed E-state index contributed by atoms with van der Waals surface area (Å²) in [5.74, 6) is -2.28. The van der Waals surface area contributed by atoms with E-state index in [-0.39, 0.29) is 23.0 Å². The number of hydrogen-bond acceptors (Lipinski definition) is 6. The number of benzene rings is 1. The smallest absolute Gasteiger partial charge is 0.344 e. The maximum absolute atomic E-state index is 14.5. The van der Waals surface area contributed by atoms with Crippen molar-refractivity contribution in [2.45, 2.75) is 38.0 Å². The van der Waals surface area contributed by atoms with Gasteiger partial charge in [0.25, 0.3) is 11.5 Å². The molecule has 1 fully saturated rings. The van der Waals surface area contributed by atoms with Crippen molar-refractivity contribution in [3.8, 4) is 16.9 Å². The Hall–Kier alpha value is -4.42. The fraction of sp³-hybridized carbons (Fsp3) is 0.250. The van der Waals surface area contributed by atoms with Crippen LogP contribution in [0, 0.1) is 5.82 Å². The lowest BCUT2D eigenvalue weighted by molar-refractivity contribution is -0.140. The molecule has 5 rings (SSSR count). The Morgan fingerprint density at radius 3 is 2.65 bits per heavy atom. The molecule has 13 heteroatoms. The van der Waals surface area contributed by atoms with Crippen molar-refractivity contribution >= 4 is 5.91 Å². The van der Waals surface area contributed by atoms with E-state index < -0.39 is 35.1 Å². The molecule has 190 valence electrons. The molecule has 1 saturated carbocycles. The quantitative estimate of drug-likeness (QED) is 0.393. The van der Waals surface area contributed by atoms with Crippen LogP contribution in [0.25, 0.3) is 16.9 Å². The summed E-state index contributed by atoms with van der Waals surface area (Å²) >= 11 is 0. The van der Waals surface area contributed by atoms with Gasteiger partial charge in [-0.3, -0.25) is 14.6 Å². The van der Waals surface area contributed by atoms with Gasteiger partial charge in [0.15, 0.2) is 0 Å². The summed E-state index contributed by atoms with van der Waals surface area (Å²) in [5.41, 5.74) is -0.868. The van der Waals surface area contributed by atoms with Crippen molar-refractivity contribution in [1.82, 2.24) is 35.1 Å². The Bertz CT molecular complexity index is 1540. The minimum atomic E-state index is -4.88. The zero-order valence-electron chi connectivity index (χ0n) is 19.3. The van der Waals surface area contributed by atoms with Gasteiger partial charge in [0.1, 0.15) is 11.5 Å². The van der Waals surface area contributed by atoms with Gasteiger partial charge in [-0.05, 0) is 38.0 Å². The molecule has 3 heterocycles. The van der Waals surface area contributed by atoms with Crippen LogP contribution in [0.1, 0.15) is 53.5 Å². The largest absolute Gasteiger partial charge is 0.419 e. The first-order valence-corrected chi connectivity index (χ1v) is 11.3. The first-order valence-electron chi connectivity index (χ1n) is 11.3. The maximum atomic E-state index is 14.5. The van der Waals surface area contributed by atoms with E-state index in [0.29, 0.717) is 11.6 Å². The Kier molecular flexibility index (Phi) is 6.05. The van der Waals surface area contributed by atoms with Crippen molar-refractivity contribution in [1.29, 1.82) is 0 Å². The molecule has 1 aliphatic carbocycles. The van der Waals surface area contributed by atoms with Crippen LogP contribution in [0.5, 0.6) is 0 Å². The number of pyridine rings is 1. The number of nitrogens with zero attached hydrogens (tertiary/aromatic N) is 6. The lowest BCUT2D eigenvalue weighted by atomic mass is 10.0. The molecule has 1 atom stereocenters. The number of rotatable bonds is 6. The minimum Gasteiger partial charge on any atom is -0.344 e. The van der Waals surface area contributed by atoms with Gasteiger partial charge in [-0.15, -0.1) is 5.10 Å². The van der Waals surface area contributed by atoms with Gasteiger partial charge in [0, 0.05) is 23.4 Å². The molecular formula is C24H19F4N7O2. The third kappa shape index (κ3) is 4.84. The Morgan fingerprint density at radius 2 is 1.92 bits per heavy atom. The third-order valence-corrected chi connectivity index (χ3v) is 5.91. The van der Waals surface area contributed by atoms with Gasteiger partial charge in [0.2, 0.25) is 0 Å². The summed E-state index contributed by atoms with van der Waals surface area (Å²) in [6.45, 7) is 1.34. The van der Waals surface area contributed by atoms with Crippen LogP contribution >= 0.6 is 0 Å². The summed E-state index contributed by atoms with van der Waals surface area (Å²) < 4.78 is 56.5. The number of aromatic nitrogens is 6. The minimum absolute atomic E-state index is 0.200. The molecule has 9 nitrogen and oxygen atoms in total. The molecule has 3 aromatic heterocycles. The monoisotopic (exact) mass is 513 g/mol. The highest BCUT2D eigenvalue weighted by molar-refractivity contribution is 5.92. The van der Waals surface area contributed by atoms with Crippen molar-refractivity contribution in [2.24, 2.45) is 0 Å². The number of amides is 1. The fourth-order valence-corrected chi connectivity index (χ4v) is 3.89. The molecule has 0 radical (unpaired) electrons. The zero-order chi connectivity index (χ0) is 26.3. The molecule has 1 aromatic carbocycles. The molecule has 37 heavy (non-hydrogen) atoms. The molecule has 1 aliphatic rings. The molecule has 1 amide bonds. The summed E-state index contributed by atoms with van der Waals surface area (Å²) in [6, 6.07) is 5.94. The van der Waals surface area contributed by atoms with Crippen molar-refractivity contribution < 1.29 is 22.4 Å². The normalized spacial score (nSPS) is 14.4. The van der Waals surface area contributed by atoms with E-state index in [2.05, 4.69) is 25.7 Å². The summed E-state index contributed by atoms with van der Waals surface area (Å²) in [6.07, 6.45) is 1.68. The number of alkyl halides is 3. The second kappa shape index (κ2) is 9.22. The standard InChI is InChI=1S/C24H19F4N7O2/c1-13(17-3-2-4-18(22(17)25)24(26,27)28)31-23(37)19-7-8-21(36)35(32-19)16-9-14(10-29-11-16)20-12-30-33-34(20)15-5-6-15/h2-4,7-13,15H,5-6H2,1H3,(H,31,37)/t13-/m1/s1. The number of hydrogen-bond donors (Lipinski definition) is 1. The van der Waals surface area contributed by atoms with Gasteiger partial charge in [0.05, 0.1) is 41.4 Å². The maximum Gasteiger partial charge on any atom is 0.419 e. The number of halogens is 4. The van der Waals surface area contributed by atoms with Crippen LogP contribution in [0.2, 0.25) is 0 Å². The summed E-state index contributed by atoms with van der Waals surface area (Å²) in [7, 11) is 0. The highest BCUT2D eigenvalue weighted by Gasteiger charge is 2.35. The molecule has 0 bridgehead atoms. The number of nitrogens with one attached hydrogen (secondary N) is 1. The Labute approximate surface area is 206 Å². The van der Waals surface area contributed by atoms with Gasteiger partial charge >= 0.3 is 6.18 Å². The number of carbonyl (C=O) groups is 1. The molecule has 0 aliphatic heterocycles. The van der Waals surface area contributed by atoms with Crippen LogP contribution in [0.15, 0.2) is 59.8 Å². The SMILES string of the molecule is C[C@@H](NC(=O)c1ccc(=O)n(-c2cncc(-c3cnnn3C3CC3)c2)n1)c1cccc(C(F)(F)F)c1F. The Morgan fingerprint density at radius 1 is 1.14 bits per heavy atom. The molecule has 0 spiro atoms. The third-order valence-electron chi connectivity index (χ3n) is 5.91. The van der Waals surface area contributed by atoms with E-state index in [9.17, 15) is 27.2 Å². The molecular weight excluding hydrogens is 494 g/mol. The zero-order valence-corrected chi connectivity index (χ0v) is 19.3. The lowest BCUT2D eigenvalue weighted by Crippen LogP contribution is -2.31. The second-order valence-corrected chi connectivity index (χ2v) is 8.60. The predicted molar refractivity (Wildman–Crippen MR) is 122 cm³/mol. The summed E-state index contributed by atoms with van der Waals surface area (Å²) in [5, 5.41) is 14.6. The van der Waals surface area contributed by atoms with Gasteiger partial charge in [-0.2, -0.15) is 23.0 Å². The van der Waals surface area contributed by atoms with Crippen molar-refractivity contribution in [3.05, 3.63) is 88.0 Å². The van der Waals surface area contributed by atoms with Crippen LogP contribution in [-0.4, -0.2) is 35.7 Å². The second-order valence-electron chi connectivity index (χ2n) is 8.60. The van der Waals surface area contributed by atoms with Gasteiger partial charge < -0.3 is 5.32 Å². The van der Waals surface area contributed by atoms with E-state index in [0.717, 1.165) is 41.4 Å². The number of carbonyl (C=O) groups excluding carboxylic acids is 1. The first-order chi connectivity index (χ1) is 17.6. The average molecular weight is 513 g/mol. The highest BCUT2D eigenvalue weighted by atomic mass is 19.4. The van der Waals surface area contributed by atoms with E-state index in [1.54, 1.807) is 23.1 Å². The topological polar surface area (TPSA) is 108 Å². The first kappa shape index (κ1) is 24.3. The average Bonchev–Trinajstić information content (AvgIpc) is 3.59. The lowest BCUT2D eigenvalue weighted by Gasteiger charge is -2.17. The van der Waals surface area contributed by atoms with E-state index in [1.807, 2.05) is 0 Å². The molecule has 4 aromatic rings. The van der Waals surface area contributed by atoms with E-state index in [4.69, 9.17) is 0 Å². The van der Waals surface area contributed by atoms with E-state index >= 15 is 0 Å². The van der Waals surface area contributed by atoms with Crippen molar-refractivity contribution in [3.63, 3.8) is 0 Å². The van der Waals surface area contributed by atoms with Crippen molar-refractivity contribution in [2.75, 3.05) is 0 Å². The van der Waals surface area contributed by atoms with Gasteiger partial charge in [-0.25, -0.2) is 9.07 Å². The predicted octanol–water partition coefficient (Wildman–Crippen LogP) is 3.87. The Balaban J connectivity index is 1.41. The fourth-order valence-electron chi connectivity index (χ4n) is 3.89. The van der Waals surface area contributed by atoms with Crippen LogP contribution in [0.4, 0.5) is 17.6 Å². The van der Waals surface area contributed by atoms with Crippen LogP contribution < -0.4 is 10.9 Å². The van der Waals surface area contributed by atoms with Gasteiger partial charge in [-0.1, -0.05) is 17.3 Å². The van der Waals surface area contributed by atoms with Crippen LogP contribution in [0.3, 0.4) is 0 Å². The highest BCUT2D eigenvalue weighted by Crippen LogP contribution is 2.37. The molecule has 1 N–H and O–H groups in total. The molecule has 0 saturated heterocycles. The summed E-state index contributed by atoms with van der Waals surface area (Å²) in [4.78, 5) is 29.6. The molecule has 0 unspecified atom stereocenters. The van der Waals surface area contributed by atoms with E-state index in [1.165, 1.54) is 19.2 Å².